The molecule has 0 saturated carbocycles. The molecule has 0 bridgehead atoms. The number of benzene rings is 4. The van der Waals surface area contributed by atoms with E-state index in [4.69, 9.17) is 4.98 Å². The number of rotatable bonds is 5. The Morgan fingerprint density at radius 1 is 0.706 bits per heavy atom. The molecule has 0 amide bonds. The van der Waals surface area contributed by atoms with Crippen LogP contribution in [0.3, 0.4) is 0 Å². The Hall–Kier alpha value is -3.73. The second-order valence-electron chi connectivity index (χ2n) is 16.4. The first-order chi connectivity index (χ1) is 23.7. The Bertz CT molecular complexity index is 2240. The summed E-state index contributed by atoms with van der Waals surface area (Å²) in [5.74, 6) is 0. The van der Waals surface area contributed by atoms with Crippen molar-refractivity contribution >= 4 is 44.8 Å². The van der Waals surface area contributed by atoms with E-state index in [9.17, 15) is 0 Å². The zero-order chi connectivity index (χ0) is 35.7. The van der Waals surface area contributed by atoms with Gasteiger partial charge in [0.05, 0.1) is 8.07 Å². The number of nitrogens with zero attached hydrogens (tertiary/aromatic N) is 2. The van der Waals surface area contributed by atoms with Gasteiger partial charge in [-0.05, 0) is 72.7 Å². The average Bonchev–Trinajstić information content (AvgIpc) is 3.46. The minimum absolute atomic E-state index is 0. The largest absolute Gasteiger partial charge is 0.305 e. The first-order valence-corrected chi connectivity index (χ1v) is 21.8. The third-order valence-electron chi connectivity index (χ3n) is 8.92. The normalized spacial score (nSPS) is 11.9. The summed E-state index contributed by atoms with van der Waals surface area (Å²) in [4.78, 5) is 9.36. The van der Waals surface area contributed by atoms with E-state index >= 15 is 0 Å². The van der Waals surface area contributed by atoms with Crippen LogP contribution < -0.4 is 5.19 Å². The summed E-state index contributed by atoms with van der Waals surface area (Å²) in [6.45, 7) is 20.8. The van der Waals surface area contributed by atoms with Crippen LogP contribution in [0.15, 0.2) is 116 Å². The van der Waals surface area contributed by atoms with Crippen molar-refractivity contribution in [1.29, 1.82) is 0 Å². The second-order valence-corrected chi connectivity index (χ2v) is 22.6. The molecule has 0 N–H and O–H groups in total. The molecule has 4 aromatic carbocycles. The van der Waals surface area contributed by atoms with Crippen LogP contribution >= 0.6 is 11.3 Å². The Labute approximate surface area is 323 Å². The van der Waals surface area contributed by atoms with Crippen LogP contribution in [0.25, 0.3) is 53.8 Å². The van der Waals surface area contributed by atoms with E-state index in [0.29, 0.717) is 0 Å². The molecule has 0 aliphatic heterocycles. The Kier molecular flexibility index (Phi) is 11.7. The minimum atomic E-state index is -1.37. The topological polar surface area (TPSA) is 25.8 Å². The van der Waals surface area contributed by atoms with Crippen molar-refractivity contribution in [3.8, 4) is 33.6 Å². The van der Waals surface area contributed by atoms with Gasteiger partial charge in [0.1, 0.15) is 0 Å². The third-order valence-corrected chi connectivity index (χ3v) is 12.1. The monoisotopic (exact) mass is 881 g/mol. The van der Waals surface area contributed by atoms with Gasteiger partial charge in [0.25, 0.3) is 0 Å². The SMILES string of the molecule is CC(C)(C)Cc1cc(-c2[c-]cccc2)ncc1[Si](C)(C)C.CC(C)(C)c1ccnc(-c2[c-]cc3sc4cccc(-c5ccccc5)c4c3c2)c1.[Ir]. The molecule has 3 aromatic heterocycles. The summed E-state index contributed by atoms with van der Waals surface area (Å²) in [6, 6.07) is 43.0. The smallest absolute Gasteiger partial charge is 0.0798 e. The predicted molar refractivity (Wildman–Crippen MR) is 220 cm³/mol. The van der Waals surface area contributed by atoms with Gasteiger partial charge in [0.2, 0.25) is 0 Å². The van der Waals surface area contributed by atoms with Crippen molar-refractivity contribution in [3.63, 3.8) is 0 Å². The molecule has 3 heterocycles. The molecular formula is C46H48IrN2SSi-2. The molecule has 0 atom stereocenters. The summed E-state index contributed by atoms with van der Waals surface area (Å²) >= 11 is 1.83. The summed E-state index contributed by atoms with van der Waals surface area (Å²) in [5.41, 5.74) is 9.81. The van der Waals surface area contributed by atoms with Gasteiger partial charge >= 0.3 is 0 Å². The number of hydrogen-bond acceptors (Lipinski definition) is 3. The maximum absolute atomic E-state index is 4.71. The molecule has 1 radical (unpaired) electrons. The summed E-state index contributed by atoms with van der Waals surface area (Å²) < 4.78 is 2.57. The maximum atomic E-state index is 4.71. The molecule has 2 nitrogen and oxygen atoms in total. The van der Waals surface area contributed by atoms with Gasteiger partial charge in [-0.2, -0.15) is 11.3 Å². The molecule has 7 aromatic rings. The number of hydrogen-bond donors (Lipinski definition) is 0. The van der Waals surface area contributed by atoms with Crippen LogP contribution in [0.4, 0.5) is 0 Å². The zero-order valence-corrected chi connectivity index (χ0v) is 35.5. The molecule has 0 saturated heterocycles. The van der Waals surface area contributed by atoms with Gasteiger partial charge in [-0.25, -0.2) is 0 Å². The van der Waals surface area contributed by atoms with Crippen LogP contribution in [-0.4, -0.2) is 18.0 Å². The van der Waals surface area contributed by atoms with Crippen LogP contribution in [0.1, 0.15) is 52.7 Å². The van der Waals surface area contributed by atoms with Crippen LogP contribution in [0, 0.1) is 17.5 Å². The minimum Gasteiger partial charge on any atom is -0.305 e. The third kappa shape index (κ3) is 9.20. The van der Waals surface area contributed by atoms with Crippen molar-refractivity contribution in [2.24, 2.45) is 5.41 Å². The molecule has 51 heavy (non-hydrogen) atoms. The van der Waals surface area contributed by atoms with E-state index < -0.39 is 8.07 Å². The molecule has 0 spiro atoms. The number of pyridine rings is 2. The van der Waals surface area contributed by atoms with E-state index in [1.165, 1.54) is 47.6 Å². The molecule has 263 valence electrons. The van der Waals surface area contributed by atoms with E-state index in [2.05, 4.69) is 169 Å². The van der Waals surface area contributed by atoms with Crippen molar-refractivity contribution in [3.05, 3.63) is 139 Å². The van der Waals surface area contributed by atoms with Crippen molar-refractivity contribution in [1.82, 2.24) is 9.97 Å². The van der Waals surface area contributed by atoms with Gasteiger partial charge in [-0.3, -0.25) is 0 Å². The number of thiophene rings is 1. The first kappa shape index (κ1) is 38.5. The predicted octanol–water partition coefficient (Wildman–Crippen LogP) is 12.6. The fraction of sp³-hybridized carbons (Fsp3) is 0.261. The molecule has 5 heteroatoms. The summed E-state index contributed by atoms with van der Waals surface area (Å²) in [6.07, 6.45) is 5.12. The van der Waals surface area contributed by atoms with Crippen LogP contribution in [0.5, 0.6) is 0 Å². The van der Waals surface area contributed by atoms with Crippen molar-refractivity contribution in [2.75, 3.05) is 0 Å². The van der Waals surface area contributed by atoms with Gasteiger partial charge in [0, 0.05) is 37.2 Å². The zero-order valence-electron chi connectivity index (χ0n) is 31.3. The Morgan fingerprint density at radius 2 is 1.43 bits per heavy atom. The maximum Gasteiger partial charge on any atom is 0.0798 e. The van der Waals surface area contributed by atoms with Crippen LogP contribution in [0.2, 0.25) is 19.6 Å². The van der Waals surface area contributed by atoms with Crippen molar-refractivity contribution in [2.45, 2.75) is 73.0 Å². The Morgan fingerprint density at radius 3 is 2.10 bits per heavy atom. The molecule has 0 unspecified atom stereocenters. The number of fused-ring (bicyclic) bond motifs is 3. The first-order valence-electron chi connectivity index (χ1n) is 17.5. The van der Waals surface area contributed by atoms with E-state index in [1.54, 1.807) is 0 Å². The average molecular weight is 881 g/mol. The quantitative estimate of drug-likeness (QED) is 0.127. The van der Waals surface area contributed by atoms with Gasteiger partial charge in [-0.1, -0.05) is 127 Å². The van der Waals surface area contributed by atoms with Crippen LogP contribution in [-0.2, 0) is 31.9 Å². The summed E-state index contributed by atoms with van der Waals surface area (Å²) in [7, 11) is -1.37. The van der Waals surface area contributed by atoms with Gasteiger partial charge in [-0.15, -0.1) is 59.7 Å². The van der Waals surface area contributed by atoms with Gasteiger partial charge in [0.15, 0.2) is 0 Å². The molecule has 0 fully saturated rings. The van der Waals surface area contributed by atoms with E-state index in [0.717, 1.165) is 28.9 Å². The van der Waals surface area contributed by atoms with Gasteiger partial charge < -0.3 is 9.97 Å². The number of aromatic nitrogens is 2. The second kappa shape index (κ2) is 15.5. The molecular weight excluding hydrogens is 833 g/mol. The fourth-order valence-electron chi connectivity index (χ4n) is 6.41. The fourth-order valence-corrected chi connectivity index (χ4v) is 9.08. The molecule has 0 aliphatic carbocycles. The molecule has 7 rings (SSSR count). The van der Waals surface area contributed by atoms with E-state index in [-0.39, 0.29) is 30.9 Å². The molecule has 0 aliphatic rings. The Balaban J connectivity index is 0.000000205. The van der Waals surface area contributed by atoms with E-state index in [1.807, 2.05) is 35.7 Å². The standard InChI is InChI=1S/C27H22NS.C19H26NSi.Ir/c1-27(2,3)20-14-15-28-23(17-20)19-12-13-24-22(16-19)26-21(10-7-11-25(26)29-24)18-8-5-4-6-9-18;1-19(2,3)13-16-12-17(15-10-8-7-9-11-15)20-14-18(16)21(4,5)6;/h4-11,13-17H,1-3H3;7-10,12,14H,13H2,1-6H3;/q2*-1;. The summed E-state index contributed by atoms with van der Waals surface area (Å²) in [5, 5.41) is 4.08. The van der Waals surface area contributed by atoms with Crippen molar-refractivity contribution < 1.29 is 20.1 Å².